The average molecular weight is 298 g/mol. The molecule has 2 aromatic rings. The SMILES string of the molecule is Cc1c(CNS(=O)(=O)c2cc(CO)n(C)c2)cnn1C. The van der Waals surface area contributed by atoms with Crippen LogP contribution in [-0.4, -0.2) is 27.9 Å². The molecule has 0 atom stereocenters. The van der Waals surface area contributed by atoms with E-state index in [4.69, 9.17) is 5.11 Å². The average Bonchev–Trinajstić information content (AvgIpc) is 2.93. The van der Waals surface area contributed by atoms with E-state index in [0.717, 1.165) is 11.3 Å². The smallest absolute Gasteiger partial charge is 0.242 e. The number of nitrogens with zero attached hydrogens (tertiary/aromatic N) is 3. The highest BCUT2D eigenvalue weighted by atomic mass is 32.2. The van der Waals surface area contributed by atoms with E-state index < -0.39 is 10.0 Å². The van der Waals surface area contributed by atoms with Crippen molar-refractivity contribution in [3.63, 3.8) is 0 Å². The zero-order valence-corrected chi connectivity index (χ0v) is 12.5. The summed E-state index contributed by atoms with van der Waals surface area (Å²) < 4.78 is 30.2. The van der Waals surface area contributed by atoms with Crippen LogP contribution in [0.1, 0.15) is 17.0 Å². The summed E-state index contributed by atoms with van der Waals surface area (Å²) in [5.74, 6) is 0. The third kappa shape index (κ3) is 2.77. The predicted molar refractivity (Wildman–Crippen MR) is 73.3 cm³/mol. The van der Waals surface area contributed by atoms with E-state index >= 15 is 0 Å². The molecule has 2 heterocycles. The molecule has 0 aliphatic heterocycles. The van der Waals surface area contributed by atoms with E-state index in [1.807, 2.05) is 6.92 Å². The van der Waals surface area contributed by atoms with Gasteiger partial charge >= 0.3 is 0 Å². The van der Waals surface area contributed by atoms with Gasteiger partial charge in [0, 0.05) is 43.8 Å². The molecule has 0 amide bonds. The molecule has 0 unspecified atom stereocenters. The minimum absolute atomic E-state index is 0.144. The Balaban J connectivity index is 2.17. The van der Waals surface area contributed by atoms with E-state index in [1.54, 1.807) is 29.5 Å². The van der Waals surface area contributed by atoms with Crippen LogP contribution >= 0.6 is 0 Å². The molecule has 0 bridgehead atoms. The van der Waals surface area contributed by atoms with Gasteiger partial charge in [0.05, 0.1) is 17.7 Å². The molecule has 20 heavy (non-hydrogen) atoms. The molecule has 110 valence electrons. The molecule has 0 fully saturated rings. The fraction of sp³-hybridized carbons (Fsp3) is 0.417. The van der Waals surface area contributed by atoms with E-state index in [9.17, 15) is 8.42 Å². The van der Waals surface area contributed by atoms with Crippen LogP contribution in [0.3, 0.4) is 0 Å². The summed E-state index contributed by atoms with van der Waals surface area (Å²) in [6.45, 7) is 1.86. The van der Waals surface area contributed by atoms with Crippen molar-refractivity contribution < 1.29 is 13.5 Å². The Bertz CT molecular complexity index is 715. The van der Waals surface area contributed by atoms with Crippen LogP contribution < -0.4 is 4.72 Å². The van der Waals surface area contributed by atoms with Crippen LogP contribution in [0.4, 0.5) is 0 Å². The van der Waals surface area contributed by atoms with Gasteiger partial charge in [-0.05, 0) is 13.0 Å². The number of aliphatic hydroxyl groups is 1. The van der Waals surface area contributed by atoms with Crippen molar-refractivity contribution in [2.24, 2.45) is 14.1 Å². The van der Waals surface area contributed by atoms with E-state index in [0.29, 0.717) is 5.69 Å². The Labute approximate surface area is 117 Å². The topological polar surface area (TPSA) is 89.2 Å². The summed E-state index contributed by atoms with van der Waals surface area (Å²) in [5.41, 5.74) is 2.29. The Morgan fingerprint density at radius 3 is 2.60 bits per heavy atom. The van der Waals surface area contributed by atoms with Gasteiger partial charge < -0.3 is 9.67 Å². The molecular weight excluding hydrogens is 280 g/mol. The zero-order chi connectivity index (χ0) is 14.9. The second kappa shape index (κ2) is 5.39. The first-order chi connectivity index (χ1) is 9.35. The van der Waals surface area contributed by atoms with Gasteiger partial charge in [0.25, 0.3) is 0 Å². The maximum atomic E-state index is 12.2. The summed E-state index contributed by atoms with van der Waals surface area (Å²) in [5, 5.41) is 13.2. The molecule has 0 aliphatic carbocycles. The normalized spacial score (nSPS) is 12.0. The lowest BCUT2D eigenvalue weighted by molar-refractivity contribution is 0.272. The fourth-order valence-electron chi connectivity index (χ4n) is 1.86. The third-order valence-electron chi connectivity index (χ3n) is 3.34. The molecule has 0 saturated heterocycles. The monoisotopic (exact) mass is 298 g/mol. The molecule has 2 aromatic heterocycles. The second-order valence-corrected chi connectivity index (χ2v) is 6.41. The summed E-state index contributed by atoms with van der Waals surface area (Å²) in [4.78, 5) is 0.144. The van der Waals surface area contributed by atoms with Crippen molar-refractivity contribution in [2.45, 2.75) is 25.0 Å². The molecule has 7 nitrogen and oxygen atoms in total. The number of hydrogen-bond acceptors (Lipinski definition) is 4. The van der Waals surface area contributed by atoms with Gasteiger partial charge in [-0.3, -0.25) is 4.68 Å². The highest BCUT2D eigenvalue weighted by molar-refractivity contribution is 7.89. The maximum absolute atomic E-state index is 12.2. The minimum atomic E-state index is -3.60. The minimum Gasteiger partial charge on any atom is -0.390 e. The number of aliphatic hydroxyl groups excluding tert-OH is 1. The Kier molecular flexibility index (Phi) is 3.98. The first kappa shape index (κ1) is 14.8. The molecule has 2 N–H and O–H groups in total. The van der Waals surface area contributed by atoms with Crippen LogP contribution in [-0.2, 0) is 37.3 Å². The first-order valence-corrected chi connectivity index (χ1v) is 7.56. The molecule has 0 saturated carbocycles. The number of hydrogen-bond donors (Lipinski definition) is 2. The van der Waals surface area contributed by atoms with Crippen LogP contribution in [0.15, 0.2) is 23.4 Å². The molecular formula is C12H18N4O3S. The zero-order valence-electron chi connectivity index (χ0n) is 11.7. The summed E-state index contributed by atoms with van der Waals surface area (Å²) >= 11 is 0. The van der Waals surface area contributed by atoms with Crippen molar-refractivity contribution >= 4 is 10.0 Å². The van der Waals surface area contributed by atoms with Crippen molar-refractivity contribution in [3.05, 3.63) is 35.4 Å². The van der Waals surface area contributed by atoms with Crippen LogP contribution in [0.5, 0.6) is 0 Å². The predicted octanol–water partition coefficient (Wildman–Crippen LogP) is 0.0378. The van der Waals surface area contributed by atoms with E-state index in [2.05, 4.69) is 9.82 Å². The highest BCUT2D eigenvalue weighted by Gasteiger charge is 2.18. The quantitative estimate of drug-likeness (QED) is 0.815. The molecule has 0 aliphatic rings. The van der Waals surface area contributed by atoms with E-state index in [1.165, 1.54) is 12.3 Å². The van der Waals surface area contributed by atoms with Crippen molar-refractivity contribution in [3.8, 4) is 0 Å². The molecule has 0 spiro atoms. The maximum Gasteiger partial charge on any atom is 0.242 e. The summed E-state index contributed by atoms with van der Waals surface area (Å²) in [7, 11) is -0.103. The number of nitrogens with one attached hydrogen (secondary N) is 1. The number of sulfonamides is 1. The Hall–Kier alpha value is -1.64. The number of aromatic nitrogens is 3. The standard InChI is InChI=1S/C12H18N4O3S/c1-9-10(5-13-16(9)3)6-14-20(18,19)12-4-11(8-17)15(2)7-12/h4-5,7,14,17H,6,8H2,1-3H3. The lowest BCUT2D eigenvalue weighted by Gasteiger charge is -2.04. The highest BCUT2D eigenvalue weighted by Crippen LogP contribution is 2.14. The third-order valence-corrected chi connectivity index (χ3v) is 4.71. The first-order valence-electron chi connectivity index (χ1n) is 6.08. The lowest BCUT2D eigenvalue weighted by Crippen LogP contribution is -2.23. The largest absolute Gasteiger partial charge is 0.390 e. The Morgan fingerprint density at radius 1 is 1.40 bits per heavy atom. The van der Waals surface area contributed by atoms with Gasteiger partial charge in [-0.1, -0.05) is 0 Å². The second-order valence-electron chi connectivity index (χ2n) is 4.64. The van der Waals surface area contributed by atoms with Crippen molar-refractivity contribution in [1.82, 2.24) is 19.1 Å². The summed E-state index contributed by atoms with van der Waals surface area (Å²) in [6.07, 6.45) is 3.12. The van der Waals surface area contributed by atoms with Crippen molar-refractivity contribution in [1.29, 1.82) is 0 Å². The van der Waals surface area contributed by atoms with E-state index in [-0.39, 0.29) is 18.0 Å². The molecule has 8 heteroatoms. The fourth-order valence-corrected chi connectivity index (χ4v) is 2.96. The Morgan fingerprint density at radius 2 is 2.10 bits per heavy atom. The van der Waals surface area contributed by atoms with Gasteiger partial charge in [0.1, 0.15) is 0 Å². The van der Waals surface area contributed by atoms with Crippen LogP contribution in [0, 0.1) is 6.92 Å². The molecule has 0 aromatic carbocycles. The number of rotatable bonds is 5. The van der Waals surface area contributed by atoms with Gasteiger partial charge in [-0.25, -0.2) is 13.1 Å². The number of aryl methyl sites for hydroxylation is 2. The van der Waals surface area contributed by atoms with Crippen LogP contribution in [0.2, 0.25) is 0 Å². The van der Waals surface area contributed by atoms with Gasteiger partial charge in [0.15, 0.2) is 0 Å². The van der Waals surface area contributed by atoms with Gasteiger partial charge in [0.2, 0.25) is 10.0 Å². The lowest BCUT2D eigenvalue weighted by atomic mass is 10.3. The molecule has 0 radical (unpaired) electrons. The van der Waals surface area contributed by atoms with Gasteiger partial charge in [-0.2, -0.15) is 5.10 Å². The van der Waals surface area contributed by atoms with Gasteiger partial charge in [-0.15, -0.1) is 0 Å². The van der Waals surface area contributed by atoms with Crippen LogP contribution in [0.25, 0.3) is 0 Å². The summed E-state index contributed by atoms with van der Waals surface area (Å²) in [6, 6.07) is 1.46. The molecule has 2 rings (SSSR count). The van der Waals surface area contributed by atoms with Crippen molar-refractivity contribution in [2.75, 3.05) is 0 Å².